The summed E-state index contributed by atoms with van der Waals surface area (Å²) in [6.07, 6.45) is 1.14. The minimum atomic E-state index is 0.359. The van der Waals surface area contributed by atoms with Crippen molar-refractivity contribution in [3.63, 3.8) is 0 Å². The molecule has 19 heavy (non-hydrogen) atoms. The van der Waals surface area contributed by atoms with E-state index >= 15 is 0 Å². The van der Waals surface area contributed by atoms with Crippen LogP contribution in [0.4, 0.5) is 0 Å². The summed E-state index contributed by atoms with van der Waals surface area (Å²) >= 11 is 1.98. The van der Waals surface area contributed by atoms with E-state index in [1.54, 1.807) is 14.2 Å². The molecule has 0 saturated carbocycles. The molecule has 0 bridgehead atoms. The lowest BCUT2D eigenvalue weighted by atomic mass is 9.95. The van der Waals surface area contributed by atoms with Crippen LogP contribution >= 0.6 is 11.8 Å². The first kappa shape index (κ1) is 14.5. The molecule has 1 atom stereocenters. The van der Waals surface area contributed by atoms with Gasteiger partial charge in [0, 0.05) is 23.1 Å². The minimum Gasteiger partial charge on any atom is -0.493 e. The van der Waals surface area contributed by atoms with Crippen LogP contribution in [0.5, 0.6) is 11.5 Å². The van der Waals surface area contributed by atoms with Gasteiger partial charge in [0.25, 0.3) is 0 Å². The molecule has 0 amide bonds. The molecule has 3 nitrogen and oxygen atoms in total. The molecule has 0 aromatic heterocycles. The van der Waals surface area contributed by atoms with Crippen molar-refractivity contribution < 1.29 is 9.47 Å². The molecule has 1 unspecified atom stereocenters. The second-order valence-corrected chi connectivity index (χ2v) is 5.87. The van der Waals surface area contributed by atoms with Crippen molar-refractivity contribution in [2.24, 2.45) is 0 Å². The second kappa shape index (κ2) is 6.53. The van der Waals surface area contributed by atoms with Gasteiger partial charge in [-0.15, -0.1) is 0 Å². The fourth-order valence-corrected chi connectivity index (χ4v) is 3.82. The van der Waals surface area contributed by atoms with Crippen molar-refractivity contribution in [2.45, 2.75) is 32.1 Å². The summed E-state index contributed by atoms with van der Waals surface area (Å²) < 4.78 is 11.1. The molecular weight excluding hydrogens is 258 g/mol. The predicted molar refractivity (Wildman–Crippen MR) is 81.5 cm³/mol. The van der Waals surface area contributed by atoms with Crippen molar-refractivity contribution in [3.05, 3.63) is 22.8 Å². The molecule has 106 valence electrons. The van der Waals surface area contributed by atoms with Crippen molar-refractivity contribution in [3.8, 4) is 11.5 Å². The Labute approximate surface area is 120 Å². The summed E-state index contributed by atoms with van der Waals surface area (Å²) in [5.74, 6) is 3.90. The Kier molecular flexibility index (Phi) is 4.99. The highest BCUT2D eigenvalue weighted by Gasteiger charge is 2.27. The normalized spacial score (nSPS) is 18.0. The Bertz CT molecular complexity index is 448. The third-order valence-electron chi connectivity index (χ3n) is 3.56. The van der Waals surface area contributed by atoms with Crippen molar-refractivity contribution >= 4 is 11.8 Å². The number of benzene rings is 1. The smallest absolute Gasteiger partial charge is 0.165 e. The SMILES string of the molecule is CCCNC1CSCc2c(C)cc(OC)c(OC)c21. The maximum absolute atomic E-state index is 5.63. The number of hydrogen-bond donors (Lipinski definition) is 1. The molecule has 0 aliphatic carbocycles. The molecule has 1 aromatic rings. The van der Waals surface area contributed by atoms with Gasteiger partial charge >= 0.3 is 0 Å². The molecule has 1 aliphatic heterocycles. The fourth-order valence-electron chi connectivity index (χ4n) is 2.60. The van der Waals surface area contributed by atoms with Crippen LogP contribution in [-0.4, -0.2) is 26.5 Å². The van der Waals surface area contributed by atoms with E-state index in [0.717, 1.165) is 36.0 Å². The lowest BCUT2D eigenvalue weighted by Crippen LogP contribution is -2.28. The van der Waals surface area contributed by atoms with Gasteiger partial charge in [0.2, 0.25) is 0 Å². The first-order valence-electron chi connectivity index (χ1n) is 6.78. The van der Waals surface area contributed by atoms with Crippen LogP contribution in [0.1, 0.15) is 36.1 Å². The molecule has 1 aromatic carbocycles. The predicted octanol–water partition coefficient (Wildman–Crippen LogP) is 3.30. The van der Waals surface area contributed by atoms with E-state index in [1.165, 1.54) is 16.7 Å². The zero-order valence-electron chi connectivity index (χ0n) is 12.2. The molecule has 0 saturated heterocycles. The van der Waals surface area contributed by atoms with Gasteiger partial charge < -0.3 is 14.8 Å². The van der Waals surface area contributed by atoms with Crippen molar-refractivity contribution in [1.82, 2.24) is 5.32 Å². The maximum Gasteiger partial charge on any atom is 0.165 e. The molecular formula is C15H23NO2S. The summed E-state index contributed by atoms with van der Waals surface area (Å²) in [5.41, 5.74) is 4.00. The fraction of sp³-hybridized carbons (Fsp3) is 0.600. The zero-order valence-corrected chi connectivity index (χ0v) is 13.0. The van der Waals surface area contributed by atoms with Gasteiger partial charge in [-0.05, 0) is 37.1 Å². The molecule has 2 rings (SSSR count). The molecule has 1 heterocycles. The number of hydrogen-bond acceptors (Lipinski definition) is 4. The largest absolute Gasteiger partial charge is 0.493 e. The minimum absolute atomic E-state index is 0.359. The van der Waals surface area contributed by atoms with Crippen LogP contribution in [0.2, 0.25) is 0 Å². The van der Waals surface area contributed by atoms with E-state index in [4.69, 9.17) is 9.47 Å². The van der Waals surface area contributed by atoms with Crippen molar-refractivity contribution in [2.75, 3.05) is 26.5 Å². The van der Waals surface area contributed by atoms with E-state index in [2.05, 4.69) is 25.2 Å². The number of ether oxygens (including phenoxy) is 2. The van der Waals surface area contributed by atoms with Crippen LogP contribution in [0.15, 0.2) is 6.07 Å². The topological polar surface area (TPSA) is 30.5 Å². The average molecular weight is 281 g/mol. The summed E-state index contributed by atoms with van der Waals surface area (Å²) in [6, 6.07) is 2.44. The Morgan fingerprint density at radius 2 is 2.16 bits per heavy atom. The van der Waals surface area contributed by atoms with Gasteiger partial charge in [-0.25, -0.2) is 0 Å². The highest BCUT2D eigenvalue weighted by atomic mass is 32.2. The van der Waals surface area contributed by atoms with Gasteiger partial charge in [-0.1, -0.05) is 6.92 Å². The average Bonchev–Trinajstić information content (AvgIpc) is 2.44. The number of fused-ring (bicyclic) bond motifs is 1. The van der Waals surface area contributed by atoms with Gasteiger partial charge in [0.15, 0.2) is 11.5 Å². The second-order valence-electron chi connectivity index (χ2n) is 4.84. The van der Waals surface area contributed by atoms with E-state index in [9.17, 15) is 0 Å². The quantitative estimate of drug-likeness (QED) is 0.897. The van der Waals surface area contributed by atoms with Crippen LogP contribution in [-0.2, 0) is 5.75 Å². The Morgan fingerprint density at radius 3 is 2.79 bits per heavy atom. The van der Waals surface area contributed by atoms with E-state index in [-0.39, 0.29) is 0 Å². The van der Waals surface area contributed by atoms with Gasteiger partial charge in [-0.2, -0.15) is 11.8 Å². The monoisotopic (exact) mass is 281 g/mol. The van der Waals surface area contributed by atoms with E-state index < -0.39 is 0 Å². The number of thioether (sulfide) groups is 1. The molecule has 1 aliphatic rings. The summed E-state index contributed by atoms with van der Waals surface area (Å²) in [6.45, 7) is 5.38. The Balaban J connectivity index is 2.48. The zero-order chi connectivity index (χ0) is 13.8. The number of methoxy groups -OCH3 is 2. The third kappa shape index (κ3) is 2.84. The van der Waals surface area contributed by atoms with Gasteiger partial charge in [-0.3, -0.25) is 0 Å². The van der Waals surface area contributed by atoms with Crippen LogP contribution in [0.3, 0.4) is 0 Å². The highest BCUT2D eigenvalue weighted by molar-refractivity contribution is 7.98. The first-order valence-corrected chi connectivity index (χ1v) is 7.93. The molecule has 1 N–H and O–H groups in total. The maximum atomic E-state index is 5.63. The lowest BCUT2D eigenvalue weighted by Gasteiger charge is -2.30. The molecule has 0 radical (unpaired) electrons. The van der Waals surface area contributed by atoms with E-state index in [0.29, 0.717) is 6.04 Å². The molecule has 0 fully saturated rings. The Morgan fingerprint density at radius 1 is 1.37 bits per heavy atom. The van der Waals surface area contributed by atoms with Gasteiger partial charge in [0.05, 0.1) is 14.2 Å². The standard InChI is InChI=1S/C15H23NO2S/c1-5-6-16-12-9-19-8-11-10(2)7-13(17-3)15(18-4)14(11)12/h7,12,16H,5-6,8-9H2,1-4H3. The number of aryl methyl sites for hydroxylation is 1. The van der Waals surface area contributed by atoms with Gasteiger partial charge in [0.1, 0.15) is 0 Å². The first-order chi connectivity index (χ1) is 9.22. The third-order valence-corrected chi connectivity index (χ3v) is 4.62. The van der Waals surface area contributed by atoms with Crippen LogP contribution in [0, 0.1) is 6.92 Å². The number of rotatable bonds is 5. The Hall–Kier alpha value is -0.870. The molecule has 4 heteroatoms. The van der Waals surface area contributed by atoms with Crippen LogP contribution < -0.4 is 14.8 Å². The van der Waals surface area contributed by atoms with E-state index in [1.807, 2.05) is 11.8 Å². The molecule has 0 spiro atoms. The summed E-state index contributed by atoms with van der Waals surface area (Å²) in [7, 11) is 3.43. The lowest BCUT2D eigenvalue weighted by molar-refractivity contribution is 0.346. The number of nitrogens with one attached hydrogen (secondary N) is 1. The van der Waals surface area contributed by atoms with Crippen molar-refractivity contribution in [1.29, 1.82) is 0 Å². The summed E-state index contributed by atoms with van der Waals surface area (Å²) in [4.78, 5) is 0. The highest BCUT2D eigenvalue weighted by Crippen LogP contribution is 2.44. The van der Waals surface area contributed by atoms with Crippen LogP contribution in [0.25, 0.3) is 0 Å². The summed E-state index contributed by atoms with van der Waals surface area (Å²) in [5, 5.41) is 3.62.